The third-order valence-corrected chi connectivity index (χ3v) is 2.23. The van der Waals surface area contributed by atoms with Crippen LogP contribution in [0.3, 0.4) is 0 Å². The van der Waals surface area contributed by atoms with Crippen molar-refractivity contribution in [2.24, 2.45) is 0 Å². The molecule has 1 aliphatic carbocycles. The van der Waals surface area contributed by atoms with Crippen molar-refractivity contribution in [3.05, 3.63) is 17.8 Å². The molecule has 0 bridgehead atoms. The maximum Gasteiger partial charge on any atom is 0.219 e. The summed E-state index contributed by atoms with van der Waals surface area (Å²) in [6, 6.07) is 0. The number of aliphatic hydroxyl groups excluding tert-OH is 1. The summed E-state index contributed by atoms with van der Waals surface area (Å²) in [5.74, 6) is 1.03. The highest BCUT2D eigenvalue weighted by molar-refractivity contribution is 5.07. The number of aromatic nitrogens is 1. The van der Waals surface area contributed by atoms with Crippen molar-refractivity contribution in [3.8, 4) is 0 Å². The summed E-state index contributed by atoms with van der Waals surface area (Å²) in [5.41, 5.74) is 1.01. The second-order valence-electron chi connectivity index (χ2n) is 2.95. The van der Waals surface area contributed by atoms with Gasteiger partial charge in [0.15, 0.2) is 0 Å². The molecule has 1 aromatic rings. The zero-order valence-corrected chi connectivity index (χ0v) is 6.29. The van der Waals surface area contributed by atoms with Crippen LogP contribution in [0.15, 0.2) is 10.7 Å². The van der Waals surface area contributed by atoms with Crippen molar-refractivity contribution in [1.82, 2.24) is 4.98 Å². The van der Waals surface area contributed by atoms with Crippen LogP contribution in [0.25, 0.3) is 0 Å². The van der Waals surface area contributed by atoms with Crippen LogP contribution in [-0.2, 0) is 6.61 Å². The number of nitrogens with zero attached hydrogens (tertiary/aromatic N) is 1. The Morgan fingerprint density at radius 2 is 2.45 bits per heavy atom. The predicted octanol–water partition coefficient (Wildman–Crippen LogP) is 1.43. The molecule has 1 saturated carbocycles. The van der Waals surface area contributed by atoms with Crippen molar-refractivity contribution in [1.29, 1.82) is 0 Å². The van der Waals surface area contributed by atoms with Gasteiger partial charge in [0.05, 0.1) is 5.69 Å². The minimum absolute atomic E-state index is 0.0906. The molecular formula is C8H11NO2. The van der Waals surface area contributed by atoms with Crippen molar-refractivity contribution >= 4 is 0 Å². The lowest BCUT2D eigenvalue weighted by Gasteiger charge is -2.22. The van der Waals surface area contributed by atoms with Crippen molar-refractivity contribution in [2.45, 2.75) is 31.8 Å². The molecule has 0 aliphatic heterocycles. The van der Waals surface area contributed by atoms with E-state index in [0.29, 0.717) is 11.8 Å². The topological polar surface area (TPSA) is 46.3 Å². The Bertz CT molecular complexity index is 240. The molecule has 3 nitrogen and oxygen atoms in total. The molecule has 0 radical (unpaired) electrons. The Morgan fingerprint density at radius 3 is 2.91 bits per heavy atom. The molecule has 0 atom stereocenters. The zero-order chi connectivity index (χ0) is 7.68. The van der Waals surface area contributed by atoms with Gasteiger partial charge in [0.25, 0.3) is 0 Å². The molecular weight excluding hydrogens is 142 g/mol. The minimum Gasteiger partial charge on any atom is -0.446 e. The molecule has 11 heavy (non-hydrogen) atoms. The number of hydrogen-bond donors (Lipinski definition) is 1. The normalized spacial score (nSPS) is 18.3. The van der Waals surface area contributed by atoms with Gasteiger partial charge in [-0.2, -0.15) is 0 Å². The van der Waals surface area contributed by atoms with E-state index < -0.39 is 0 Å². The number of aliphatic hydroxyl groups is 1. The van der Waals surface area contributed by atoms with Crippen LogP contribution in [0.1, 0.15) is 36.8 Å². The van der Waals surface area contributed by atoms with E-state index in [-0.39, 0.29) is 6.61 Å². The Balaban J connectivity index is 2.11. The second-order valence-corrected chi connectivity index (χ2v) is 2.95. The molecule has 1 heterocycles. The molecule has 3 heteroatoms. The molecule has 2 rings (SSSR count). The molecule has 1 N–H and O–H groups in total. The first-order valence-corrected chi connectivity index (χ1v) is 3.95. The van der Waals surface area contributed by atoms with Crippen LogP contribution in [0.5, 0.6) is 0 Å². The molecule has 1 aromatic heterocycles. The van der Waals surface area contributed by atoms with Crippen LogP contribution in [0.4, 0.5) is 0 Å². The van der Waals surface area contributed by atoms with Gasteiger partial charge in [-0.1, -0.05) is 6.42 Å². The van der Waals surface area contributed by atoms with Crippen LogP contribution in [0, 0.1) is 0 Å². The van der Waals surface area contributed by atoms with Gasteiger partial charge in [0.2, 0.25) is 5.89 Å². The third-order valence-electron chi connectivity index (χ3n) is 2.23. The van der Waals surface area contributed by atoms with Gasteiger partial charge in [-0.25, -0.2) is 4.98 Å². The number of rotatable bonds is 2. The van der Waals surface area contributed by atoms with E-state index in [0.717, 1.165) is 5.69 Å². The Kier molecular flexibility index (Phi) is 1.66. The summed E-state index contributed by atoms with van der Waals surface area (Å²) in [7, 11) is 0. The summed E-state index contributed by atoms with van der Waals surface area (Å²) in [6.45, 7) is -0.0906. The van der Waals surface area contributed by atoms with E-state index in [2.05, 4.69) is 4.98 Å². The lowest BCUT2D eigenvalue weighted by molar-refractivity contribution is 0.240. The highest BCUT2D eigenvalue weighted by Gasteiger charge is 2.22. The molecule has 0 amide bonds. The largest absolute Gasteiger partial charge is 0.446 e. The molecule has 0 spiro atoms. The fourth-order valence-electron chi connectivity index (χ4n) is 1.29. The standard InChI is InChI=1S/C8H11NO2/c10-4-8-9-7(5-11-8)6-2-1-3-6/h5-6,10H,1-4H2. The first-order chi connectivity index (χ1) is 5.40. The summed E-state index contributed by atoms with van der Waals surface area (Å²) in [5, 5.41) is 8.67. The van der Waals surface area contributed by atoms with Gasteiger partial charge < -0.3 is 9.52 Å². The van der Waals surface area contributed by atoms with Gasteiger partial charge in [0, 0.05) is 5.92 Å². The van der Waals surface area contributed by atoms with E-state index in [1.807, 2.05) is 0 Å². The van der Waals surface area contributed by atoms with Crippen molar-refractivity contribution in [3.63, 3.8) is 0 Å². The first kappa shape index (κ1) is 6.85. The predicted molar refractivity (Wildman–Crippen MR) is 39.0 cm³/mol. The maximum atomic E-state index is 8.67. The van der Waals surface area contributed by atoms with Gasteiger partial charge in [0.1, 0.15) is 12.9 Å². The van der Waals surface area contributed by atoms with Crippen LogP contribution < -0.4 is 0 Å². The fourth-order valence-corrected chi connectivity index (χ4v) is 1.29. The monoisotopic (exact) mass is 153 g/mol. The van der Waals surface area contributed by atoms with Crippen LogP contribution >= 0.6 is 0 Å². The lowest BCUT2D eigenvalue weighted by Crippen LogP contribution is -2.08. The maximum absolute atomic E-state index is 8.67. The molecule has 60 valence electrons. The van der Waals surface area contributed by atoms with E-state index >= 15 is 0 Å². The quantitative estimate of drug-likeness (QED) is 0.699. The Morgan fingerprint density at radius 1 is 1.64 bits per heavy atom. The average Bonchev–Trinajstić information content (AvgIpc) is 2.32. The van der Waals surface area contributed by atoms with Gasteiger partial charge in [-0.15, -0.1) is 0 Å². The molecule has 1 aliphatic rings. The lowest BCUT2D eigenvalue weighted by atomic mass is 9.83. The average molecular weight is 153 g/mol. The van der Waals surface area contributed by atoms with Gasteiger partial charge in [-0.3, -0.25) is 0 Å². The van der Waals surface area contributed by atoms with Crippen LogP contribution in [0.2, 0.25) is 0 Å². The minimum atomic E-state index is -0.0906. The van der Waals surface area contributed by atoms with E-state index in [1.54, 1.807) is 6.26 Å². The van der Waals surface area contributed by atoms with E-state index in [9.17, 15) is 0 Å². The highest BCUT2D eigenvalue weighted by atomic mass is 16.4. The molecule has 1 fully saturated rings. The fraction of sp³-hybridized carbons (Fsp3) is 0.625. The summed E-state index contributed by atoms with van der Waals surface area (Å²) >= 11 is 0. The van der Waals surface area contributed by atoms with Gasteiger partial charge >= 0.3 is 0 Å². The smallest absolute Gasteiger partial charge is 0.219 e. The van der Waals surface area contributed by atoms with E-state index in [1.165, 1.54) is 19.3 Å². The number of oxazole rings is 1. The summed E-state index contributed by atoms with van der Waals surface area (Å²) < 4.78 is 5.01. The third kappa shape index (κ3) is 1.16. The molecule has 0 saturated heterocycles. The van der Waals surface area contributed by atoms with Crippen LogP contribution in [-0.4, -0.2) is 10.1 Å². The number of hydrogen-bond acceptors (Lipinski definition) is 3. The second kappa shape index (κ2) is 2.66. The Hall–Kier alpha value is -0.830. The summed E-state index contributed by atoms with van der Waals surface area (Å²) in [4.78, 5) is 4.13. The zero-order valence-electron chi connectivity index (χ0n) is 6.29. The Labute approximate surface area is 65.1 Å². The summed E-state index contributed by atoms with van der Waals surface area (Å²) in [6.07, 6.45) is 5.40. The van der Waals surface area contributed by atoms with Gasteiger partial charge in [-0.05, 0) is 12.8 Å². The molecule has 0 unspecified atom stereocenters. The van der Waals surface area contributed by atoms with Crippen molar-refractivity contribution < 1.29 is 9.52 Å². The molecule has 0 aromatic carbocycles. The SMILES string of the molecule is OCc1nc(C2CCC2)co1. The first-order valence-electron chi connectivity index (χ1n) is 3.95. The van der Waals surface area contributed by atoms with E-state index in [4.69, 9.17) is 9.52 Å². The highest BCUT2D eigenvalue weighted by Crippen LogP contribution is 2.35. The van der Waals surface area contributed by atoms with Crippen molar-refractivity contribution in [2.75, 3.05) is 0 Å².